The van der Waals surface area contributed by atoms with Crippen LogP contribution in [0.1, 0.15) is 226 Å². The third-order valence-electron chi connectivity index (χ3n) is 10.4. The fraction of sp³-hybridized carbons (Fsp3) is 0.691. The standard InChI is InChI=1S/C55H92O6/c1-4-7-10-13-16-19-21-23-24-25-26-27-28-29-30-31-32-33-35-36-39-42-45-48-54(57)60-51-52(50-59-53(56)47-44-41-38-18-15-12-9-6-3)61-55(58)49-46-43-40-37-34-22-20-17-14-11-8-5-2/h7,10,16,19,23-24,26-27,29-30,32-33,36,39,52H,4-6,8-9,11-15,17-18,20-22,25,28,31,34-35,37-38,40-51H2,1-3H3/b10-7-,19-16-,24-23-,27-26-,30-29-,33-32-,39-36-. The summed E-state index contributed by atoms with van der Waals surface area (Å²) in [5.74, 6) is -0.961. The molecular weight excluding hydrogens is 757 g/mol. The molecule has 1 atom stereocenters. The van der Waals surface area contributed by atoms with Gasteiger partial charge < -0.3 is 14.2 Å². The molecule has 0 aromatic heterocycles. The Morgan fingerprint density at radius 2 is 0.639 bits per heavy atom. The van der Waals surface area contributed by atoms with Crippen LogP contribution in [0, 0.1) is 0 Å². The van der Waals surface area contributed by atoms with E-state index in [-0.39, 0.29) is 37.5 Å². The van der Waals surface area contributed by atoms with Crippen LogP contribution in [0.5, 0.6) is 0 Å². The summed E-state index contributed by atoms with van der Waals surface area (Å²) in [5.41, 5.74) is 0. The zero-order valence-corrected chi connectivity index (χ0v) is 39.7. The molecule has 6 nitrogen and oxygen atoms in total. The Labute approximate surface area is 375 Å². The molecule has 61 heavy (non-hydrogen) atoms. The van der Waals surface area contributed by atoms with Crippen molar-refractivity contribution in [2.45, 2.75) is 232 Å². The molecule has 0 radical (unpaired) electrons. The fourth-order valence-electron chi connectivity index (χ4n) is 6.67. The van der Waals surface area contributed by atoms with E-state index in [0.717, 1.165) is 89.9 Å². The highest BCUT2D eigenvalue weighted by Gasteiger charge is 2.19. The van der Waals surface area contributed by atoms with Crippen molar-refractivity contribution in [2.24, 2.45) is 0 Å². The van der Waals surface area contributed by atoms with Crippen molar-refractivity contribution in [3.8, 4) is 0 Å². The average molecular weight is 849 g/mol. The second-order valence-electron chi connectivity index (χ2n) is 16.4. The fourth-order valence-corrected chi connectivity index (χ4v) is 6.67. The van der Waals surface area contributed by atoms with E-state index < -0.39 is 6.10 Å². The topological polar surface area (TPSA) is 78.9 Å². The van der Waals surface area contributed by atoms with Gasteiger partial charge in [0.1, 0.15) is 13.2 Å². The Bertz CT molecular complexity index is 1200. The summed E-state index contributed by atoms with van der Waals surface area (Å²) in [6.45, 7) is 6.43. The van der Waals surface area contributed by atoms with Gasteiger partial charge in [-0.3, -0.25) is 14.4 Å². The van der Waals surface area contributed by atoms with Gasteiger partial charge in [-0.25, -0.2) is 0 Å². The van der Waals surface area contributed by atoms with Gasteiger partial charge in [0.15, 0.2) is 6.10 Å². The van der Waals surface area contributed by atoms with Crippen molar-refractivity contribution in [1.82, 2.24) is 0 Å². The normalized spacial score (nSPS) is 12.8. The van der Waals surface area contributed by atoms with Crippen LogP contribution in [0.3, 0.4) is 0 Å². The van der Waals surface area contributed by atoms with E-state index in [1.54, 1.807) is 0 Å². The van der Waals surface area contributed by atoms with E-state index in [9.17, 15) is 14.4 Å². The molecule has 0 saturated carbocycles. The number of carbonyl (C=O) groups is 3. The molecule has 0 heterocycles. The number of carbonyl (C=O) groups excluding carboxylic acids is 3. The van der Waals surface area contributed by atoms with Crippen LogP contribution in [0.2, 0.25) is 0 Å². The molecule has 0 rings (SSSR count). The number of rotatable bonds is 44. The van der Waals surface area contributed by atoms with Crippen LogP contribution in [-0.4, -0.2) is 37.2 Å². The molecule has 0 aliphatic heterocycles. The molecule has 348 valence electrons. The van der Waals surface area contributed by atoms with Crippen molar-refractivity contribution in [3.05, 3.63) is 85.1 Å². The Morgan fingerprint density at radius 3 is 1.00 bits per heavy atom. The molecule has 0 aliphatic rings. The molecule has 1 unspecified atom stereocenters. The number of ether oxygens (including phenoxy) is 3. The Morgan fingerprint density at radius 1 is 0.344 bits per heavy atom. The highest BCUT2D eigenvalue weighted by Crippen LogP contribution is 2.14. The van der Waals surface area contributed by atoms with Gasteiger partial charge in [0.2, 0.25) is 0 Å². The van der Waals surface area contributed by atoms with Gasteiger partial charge in [-0.05, 0) is 70.6 Å². The molecule has 0 aromatic carbocycles. The highest BCUT2D eigenvalue weighted by molar-refractivity contribution is 5.71. The lowest BCUT2D eigenvalue weighted by atomic mass is 10.0. The first-order valence-corrected chi connectivity index (χ1v) is 25.1. The molecule has 0 saturated heterocycles. The molecule has 0 bridgehead atoms. The number of allylic oxidation sites excluding steroid dienone is 14. The van der Waals surface area contributed by atoms with Crippen LogP contribution in [0.25, 0.3) is 0 Å². The van der Waals surface area contributed by atoms with Crippen molar-refractivity contribution in [1.29, 1.82) is 0 Å². The van der Waals surface area contributed by atoms with Gasteiger partial charge in [0, 0.05) is 19.3 Å². The Balaban J connectivity index is 4.37. The minimum absolute atomic E-state index is 0.0926. The number of unbranched alkanes of at least 4 members (excludes halogenated alkanes) is 19. The van der Waals surface area contributed by atoms with Crippen molar-refractivity contribution in [3.63, 3.8) is 0 Å². The van der Waals surface area contributed by atoms with Gasteiger partial charge in [-0.15, -0.1) is 0 Å². The molecule has 0 amide bonds. The van der Waals surface area contributed by atoms with E-state index in [1.807, 2.05) is 0 Å². The Hall–Kier alpha value is -3.41. The smallest absolute Gasteiger partial charge is 0.306 e. The number of hydrogen-bond donors (Lipinski definition) is 0. The number of hydrogen-bond acceptors (Lipinski definition) is 6. The maximum Gasteiger partial charge on any atom is 0.306 e. The lowest BCUT2D eigenvalue weighted by molar-refractivity contribution is -0.167. The maximum atomic E-state index is 12.7. The summed E-state index contributed by atoms with van der Waals surface area (Å²) in [4.78, 5) is 37.7. The van der Waals surface area contributed by atoms with Crippen LogP contribution in [0.15, 0.2) is 85.1 Å². The van der Waals surface area contributed by atoms with Gasteiger partial charge in [-0.2, -0.15) is 0 Å². The molecule has 0 aliphatic carbocycles. The first-order chi connectivity index (χ1) is 30.0. The Kier molecular flexibility index (Phi) is 46.5. The summed E-state index contributed by atoms with van der Waals surface area (Å²) in [6, 6.07) is 0. The molecule has 0 aromatic rings. The second-order valence-corrected chi connectivity index (χ2v) is 16.4. The van der Waals surface area contributed by atoms with Crippen molar-refractivity contribution >= 4 is 17.9 Å². The molecule has 6 heteroatoms. The minimum atomic E-state index is -0.794. The second kappa shape index (κ2) is 49.2. The van der Waals surface area contributed by atoms with Crippen LogP contribution < -0.4 is 0 Å². The average Bonchev–Trinajstić information content (AvgIpc) is 3.26. The third kappa shape index (κ3) is 47.5. The van der Waals surface area contributed by atoms with Gasteiger partial charge in [-0.1, -0.05) is 221 Å². The molecule has 0 spiro atoms. The van der Waals surface area contributed by atoms with Crippen molar-refractivity contribution < 1.29 is 28.6 Å². The lowest BCUT2D eigenvalue weighted by Gasteiger charge is -2.18. The van der Waals surface area contributed by atoms with Gasteiger partial charge >= 0.3 is 17.9 Å². The summed E-state index contributed by atoms with van der Waals surface area (Å²) >= 11 is 0. The SMILES string of the molecule is CC/C=C\C/C=C\C/C=C\C/C=C\C/C=C\C/C=C\C/C=C\CCCC(=O)OCC(COC(=O)CCCCCCCCCC)OC(=O)CCCCCCCCCCCCCC. The summed E-state index contributed by atoms with van der Waals surface area (Å²) in [6.07, 6.45) is 63.0. The van der Waals surface area contributed by atoms with Crippen LogP contribution in [0.4, 0.5) is 0 Å². The van der Waals surface area contributed by atoms with E-state index in [1.165, 1.54) is 89.9 Å². The molecule has 0 N–H and O–H groups in total. The van der Waals surface area contributed by atoms with Crippen LogP contribution >= 0.6 is 0 Å². The number of esters is 3. The van der Waals surface area contributed by atoms with Gasteiger partial charge in [0.25, 0.3) is 0 Å². The molecular formula is C55H92O6. The summed E-state index contributed by atoms with van der Waals surface area (Å²) in [7, 11) is 0. The predicted octanol–water partition coefficient (Wildman–Crippen LogP) is 16.4. The first kappa shape index (κ1) is 57.6. The third-order valence-corrected chi connectivity index (χ3v) is 10.4. The monoisotopic (exact) mass is 849 g/mol. The largest absolute Gasteiger partial charge is 0.462 e. The quantitative estimate of drug-likeness (QED) is 0.0263. The minimum Gasteiger partial charge on any atom is -0.462 e. The van der Waals surface area contributed by atoms with Crippen molar-refractivity contribution in [2.75, 3.05) is 13.2 Å². The molecule has 0 fully saturated rings. The first-order valence-electron chi connectivity index (χ1n) is 25.1. The highest BCUT2D eigenvalue weighted by atomic mass is 16.6. The summed E-state index contributed by atoms with van der Waals surface area (Å²) in [5, 5.41) is 0. The zero-order valence-electron chi connectivity index (χ0n) is 39.7. The summed E-state index contributed by atoms with van der Waals surface area (Å²) < 4.78 is 16.7. The van der Waals surface area contributed by atoms with E-state index in [0.29, 0.717) is 19.3 Å². The maximum absolute atomic E-state index is 12.7. The van der Waals surface area contributed by atoms with Gasteiger partial charge in [0.05, 0.1) is 0 Å². The van der Waals surface area contributed by atoms with E-state index in [4.69, 9.17) is 14.2 Å². The zero-order chi connectivity index (χ0) is 44.4. The predicted molar refractivity (Wildman–Crippen MR) is 261 cm³/mol. The van der Waals surface area contributed by atoms with E-state index in [2.05, 4.69) is 106 Å². The lowest BCUT2D eigenvalue weighted by Crippen LogP contribution is -2.30. The van der Waals surface area contributed by atoms with E-state index >= 15 is 0 Å². The van der Waals surface area contributed by atoms with Crippen LogP contribution in [-0.2, 0) is 28.6 Å².